The van der Waals surface area contributed by atoms with Gasteiger partial charge in [0, 0.05) is 11.9 Å². The number of aromatic nitrogens is 5. The molecule has 0 bridgehead atoms. The molecule has 8 nitrogen and oxygen atoms in total. The maximum Gasteiger partial charge on any atom is 0.165 e. The van der Waals surface area contributed by atoms with Crippen LogP contribution in [0.4, 0.5) is 5.82 Å². The van der Waals surface area contributed by atoms with Gasteiger partial charge in [0.05, 0.1) is 35.9 Å². The summed E-state index contributed by atoms with van der Waals surface area (Å²) in [6.45, 7) is 7.92. The van der Waals surface area contributed by atoms with Gasteiger partial charge < -0.3 is 15.6 Å². The van der Waals surface area contributed by atoms with Crippen molar-refractivity contribution in [3.8, 4) is 34.2 Å². The molecule has 0 amide bonds. The molecule has 1 aromatic carbocycles. The van der Waals surface area contributed by atoms with Gasteiger partial charge in [-0.25, -0.2) is 15.0 Å². The van der Waals surface area contributed by atoms with E-state index in [0.717, 1.165) is 16.9 Å². The van der Waals surface area contributed by atoms with E-state index < -0.39 is 0 Å². The fourth-order valence-electron chi connectivity index (χ4n) is 3.76. The van der Waals surface area contributed by atoms with Crippen LogP contribution in [0.25, 0.3) is 39.6 Å². The number of ether oxygens (including phenoxy) is 1. The third kappa shape index (κ3) is 5.04. The fraction of sp³-hybridized carbons (Fsp3) is 0.214. The van der Waals surface area contributed by atoms with Gasteiger partial charge in [-0.3, -0.25) is 9.55 Å². The SMILES string of the molecule is CC.CC(C)Oc1ccc(-c2ccc3nc(-c4cccnc4N)n(-c4ccc(CO)cc4)c3n2)nc1. The van der Waals surface area contributed by atoms with E-state index in [-0.39, 0.29) is 12.7 Å². The van der Waals surface area contributed by atoms with Gasteiger partial charge in [-0.15, -0.1) is 0 Å². The van der Waals surface area contributed by atoms with Crippen LogP contribution in [0.5, 0.6) is 5.75 Å². The topological polar surface area (TPSA) is 112 Å². The van der Waals surface area contributed by atoms with E-state index in [1.54, 1.807) is 12.4 Å². The summed E-state index contributed by atoms with van der Waals surface area (Å²) in [6, 6.07) is 18.9. The maximum atomic E-state index is 9.46. The number of hydrogen-bond donors (Lipinski definition) is 2. The Morgan fingerprint density at radius 3 is 2.31 bits per heavy atom. The first-order valence-electron chi connectivity index (χ1n) is 12.0. The molecule has 0 fully saturated rings. The highest BCUT2D eigenvalue weighted by atomic mass is 16.5. The molecule has 0 saturated heterocycles. The van der Waals surface area contributed by atoms with Crippen LogP contribution in [-0.2, 0) is 6.61 Å². The highest BCUT2D eigenvalue weighted by molar-refractivity contribution is 5.84. The Hall–Kier alpha value is -4.30. The van der Waals surface area contributed by atoms with E-state index in [4.69, 9.17) is 20.4 Å². The summed E-state index contributed by atoms with van der Waals surface area (Å²) in [5, 5.41) is 9.46. The highest BCUT2D eigenvalue weighted by Gasteiger charge is 2.19. The zero-order valence-electron chi connectivity index (χ0n) is 20.9. The molecular formula is C28H30N6O2. The van der Waals surface area contributed by atoms with Gasteiger partial charge in [0.25, 0.3) is 0 Å². The number of aliphatic hydroxyl groups excluding tert-OH is 1. The predicted octanol–water partition coefficient (Wildman–Crippen LogP) is 5.43. The van der Waals surface area contributed by atoms with Gasteiger partial charge in [-0.1, -0.05) is 26.0 Å². The monoisotopic (exact) mass is 482 g/mol. The van der Waals surface area contributed by atoms with Crippen LogP contribution in [0.3, 0.4) is 0 Å². The van der Waals surface area contributed by atoms with Crippen molar-refractivity contribution in [1.82, 2.24) is 24.5 Å². The standard InChI is InChI=1S/C26H24N6O2.C2H6/c1-16(2)34-19-9-10-21(29-14-19)22-11-12-23-26(30-22)32(18-7-5-17(15-33)6-8-18)25(31-23)20-4-3-13-28-24(20)27;1-2/h3-14,16,33H,15H2,1-2H3,(H2,27,28);1-2H3. The molecule has 4 heterocycles. The third-order valence-electron chi connectivity index (χ3n) is 5.33. The van der Waals surface area contributed by atoms with Crippen LogP contribution in [0, 0.1) is 0 Å². The molecule has 0 unspecified atom stereocenters. The number of nitrogens with two attached hydrogens (primary N) is 1. The molecule has 184 valence electrons. The van der Waals surface area contributed by atoms with E-state index in [0.29, 0.717) is 39.8 Å². The van der Waals surface area contributed by atoms with Gasteiger partial charge in [0.15, 0.2) is 11.5 Å². The number of aliphatic hydroxyl groups is 1. The Morgan fingerprint density at radius 2 is 1.67 bits per heavy atom. The molecule has 36 heavy (non-hydrogen) atoms. The van der Waals surface area contributed by atoms with Crippen molar-refractivity contribution in [2.24, 2.45) is 0 Å². The van der Waals surface area contributed by atoms with Crippen LogP contribution in [-0.4, -0.2) is 35.7 Å². The highest BCUT2D eigenvalue weighted by Crippen LogP contribution is 2.31. The molecule has 0 aliphatic heterocycles. The molecule has 5 aromatic rings. The van der Waals surface area contributed by atoms with Crippen molar-refractivity contribution < 1.29 is 9.84 Å². The van der Waals surface area contributed by atoms with Crippen molar-refractivity contribution >= 4 is 17.0 Å². The number of nitrogens with zero attached hydrogens (tertiary/aromatic N) is 5. The third-order valence-corrected chi connectivity index (χ3v) is 5.33. The molecule has 3 N–H and O–H groups in total. The Bertz CT molecular complexity index is 1440. The first kappa shape index (κ1) is 24.8. The lowest BCUT2D eigenvalue weighted by molar-refractivity contribution is 0.241. The quantitative estimate of drug-likeness (QED) is 0.332. The Morgan fingerprint density at radius 1 is 0.917 bits per heavy atom. The van der Waals surface area contributed by atoms with Gasteiger partial charge >= 0.3 is 0 Å². The van der Waals surface area contributed by atoms with E-state index in [2.05, 4.69) is 9.97 Å². The summed E-state index contributed by atoms with van der Waals surface area (Å²) >= 11 is 0. The molecule has 0 aliphatic carbocycles. The zero-order valence-corrected chi connectivity index (χ0v) is 20.9. The summed E-state index contributed by atoms with van der Waals surface area (Å²) in [5.41, 5.74) is 11.4. The first-order valence-corrected chi connectivity index (χ1v) is 12.0. The minimum atomic E-state index is -0.0298. The molecule has 5 rings (SSSR count). The number of imidazole rings is 1. The van der Waals surface area contributed by atoms with Crippen molar-refractivity contribution in [3.05, 3.63) is 78.6 Å². The zero-order chi connectivity index (χ0) is 25.7. The lowest BCUT2D eigenvalue weighted by Gasteiger charge is -2.11. The van der Waals surface area contributed by atoms with E-state index >= 15 is 0 Å². The molecule has 0 atom stereocenters. The number of hydrogen-bond acceptors (Lipinski definition) is 7. The Labute approximate surface area is 210 Å². The van der Waals surface area contributed by atoms with E-state index in [1.807, 2.05) is 92.9 Å². The smallest absolute Gasteiger partial charge is 0.165 e. The van der Waals surface area contributed by atoms with Gasteiger partial charge in [-0.05, 0) is 67.9 Å². The number of pyridine rings is 3. The second kappa shape index (κ2) is 11.0. The van der Waals surface area contributed by atoms with Crippen molar-refractivity contribution in [1.29, 1.82) is 0 Å². The summed E-state index contributed by atoms with van der Waals surface area (Å²) < 4.78 is 7.65. The second-order valence-corrected chi connectivity index (χ2v) is 8.12. The van der Waals surface area contributed by atoms with Crippen LogP contribution >= 0.6 is 0 Å². The summed E-state index contributed by atoms with van der Waals surface area (Å²) in [4.78, 5) is 18.5. The summed E-state index contributed by atoms with van der Waals surface area (Å²) in [5.74, 6) is 1.73. The second-order valence-electron chi connectivity index (χ2n) is 8.12. The van der Waals surface area contributed by atoms with Crippen LogP contribution < -0.4 is 10.5 Å². The Kier molecular flexibility index (Phi) is 7.56. The molecule has 4 aromatic heterocycles. The van der Waals surface area contributed by atoms with Crippen molar-refractivity contribution in [2.45, 2.75) is 40.4 Å². The molecule has 0 saturated carbocycles. The minimum absolute atomic E-state index is 0.0298. The minimum Gasteiger partial charge on any atom is -0.489 e. The molecule has 8 heteroatoms. The van der Waals surface area contributed by atoms with Gasteiger partial charge in [0.2, 0.25) is 0 Å². The predicted molar refractivity (Wildman–Crippen MR) is 143 cm³/mol. The maximum absolute atomic E-state index is 9.46. The molecule has 0 radical (unpaired) electrons. The normalized spacial score (nSPS) is 10.8. The summed E-state index contributed by atoms with van der Waals surface area (Å²) in [6.07, 6.45) is 3.43. The fourth-order valence-corrected chi connectivity index (χ4v) is 3.76. The number of anilines is 1. The lowest BCUT2D eigenvalue weighted by Crippen LogP contribution is -2.05. The van der Waals surface area contributed by atoms with Crippen LogP contribution in [0.1, 0.15) is 33.3 Å². The average molecular weight is 483 g/mol. The summed E-state index contributed by atoms with van der Waals surface area (Å²) in [7, 11) is 0. The number of nitrogen functional groups attached to an aromatic ring is 1. The molecule has 0 spiro atoms. The van der Waals surface area contributed by atoms with Gasteiger partial charge in [-0.2, -0.15) is 0 Å². The Balaban J connectivity index is 0.00000148. The molecular weight excluding hydrogens is 452 g/mol. The largest absolute Gasteiger partial charge is 0.489 e. The van der Waals surface area contributed by atoms with Crippen molar-refractivity contribution in [2.75, 3.05) is 5.73 Å². The number of rotatable bonds is 6. The van der Waals surface area contributed by atoms with Gasteiger partial charge in [0.1, 0.15) is 17.1 Å². The van der Waals surface area contributed by atoms with Crippen molar-refractivity contribution in [3.63, 3.8) is 0 Å². The van der Waals surface area contributed by atoms with Crippen LogP contribution in [0.2, 0.25) is 0 Å². The first-order chi connectivity index (χ1) is 17.5. The van der Waals surface area contributed by atoms with Crippen LogP contribution in [0.15, 0.2) is 73.1 Å². The molecule has 0 aliphatic rings. The lowest BCUT2D eigenvalue weighted by atomic mass is 10.2. The number of fused-ring (bicyclic) bond motifs is 1. The average Bonchev–Trinajstić information content (AvgIpc) is 3.29. The number of benzene rings is 1. The van der Waals surface area contributed by atoms with E-state index in [9.17, 15) is 5.11 Å². The van der Waals surface area contributed by atoms with E-state index in [1.165, 1.54) is 0 Å².